The molecule has 0 radical (unpaired) electrons. The number of aromatic nitrogens is 2. The molecule has 0 bridgehead atoms. The Bertz CT molecular complexity index is 441. The van der Waals surface area contributed by atoms with Crippen LogP contribution in [0.25, 0.3) is 10.9 Å². The molecule has 80 valence electrons. The van der Waals surface area contributed by atoms with Gasteiger partial charge in [0.1, 0.15) is 0 Å². The van der Waals surface area contributed by atoms with Crippen LogP contribution in [0.2, 0.25) is 0 Å². The summed E-state index contributed by atoms with van der Waals surface area (Å²) in [4.78, 5) is 8.37. The fourth-order valence-electron chi connectivity index (χ4n) is 1.29. The molecule has 0 saturated heterocycles. The van der Waals surface area contributed by atoms with Gasteiger partial charge in [-0.25, -0.2) is 4.98 Å². The van der Waals surface area contributed by atoms with Crippen LogP contribution in [0.4, 0.5) is 0 Å². The van der Waals surface area contributed by atoms with E-state index in [2.05, 4.69) is 9.97 Å². The third-order valence-electron chi connectivity index (χ3n) is 1.90. The van der Waals surface area contributed by atoms with Crippen LogP contribution in [-0.2, 0) is 0 Å². The molecule has 2 aromatic heterocycles. The average Bonchev–Trinajstić information content (AvgIpc) is 2.31. The zero-order valence-electron chi connectivity index (χ0n) is 9.61. The van der Waals surface area contributed by atoms with E-state index in [9.17, 15) is 0 Å². The molecule has 0 amide bonds. The molecule has 0 spiro atoms. The fourth-order valence-corrected chi connectivity index (χ4v) is 1.29. The van der Waals surface area contributed by atoms with Crippen molar-refractivity contribution >= 4 is 10.9 Å². The van der Waals surface area contributed by atoms with E-state index in [-0.39, 0.29) is 0 Å². The summed E-state index contributed by atoms with van der Waals surface area (Å²) in [7, 11) is 1.62. The number of methoxy groups -OCH3 is 1. The van der Waals surface area contributed by atoms with Crippen LogP contribution in [0.3, 0.4) is 0 Å². The van der Waals surface area contributed by atoms with Crippen LogP contribution < -0.4 is 4.74 Å². The summed E-state index contributed by atoms with van der Waals surface area (Å²) in [5, 5.41) is 0.963. The van der Waals surface area contributed by atoms with Gasteiger partial charge in [0, 0.05) is 12.4 Å². The van der Waals surface area contributed by atoms with Gasteiger partial charge < -0.3 is 4.74 Å². The first-order chi connectivity index (χ1) is 7.31. The van der Waals surface area contributed by atoms with Gasteiger partial charge in [0.25, 0.3) is 0 Å². The minimum atomic E-state index is 0.633. The minimum absolute atomic E-state index is 0.633. The molecule has 0 aliphatic heterocycles. The van der Waals surface area contributed by atoms with Gasteiger partial charge in [0.15, 0.2) is 0 Å². The normalized spacial score (nSPS) is 9.33. The van der Waals surface area contributed by atoms with Gasteiger partial charge in [0.2, 0.25) is 5.88 Å². The molecule has 0 aliphatic rings. The van der Waals surface area contributed by atoms with Crippen LogP contribution in [0.1, 0.15) is 19.4 Å². The largest absolute Gasteiger partial charge is 0.481 e. The van der Waals surface area contributed by atoms with Gasteiger partial charge in [0.05, 0.1) is 18.0 Å². The number of pyridine rings is 2. The van der Waals surface area contributed by atoms with Crippen molar-refractivity contribution in [2.45, 2.75) is 20.8 Å². The zero-order chi connectivity index (χ0) is 11.3. The molecule has 0 atom stereocenters. The molecule has 0 aliphatic carbocycles. The molecule has 2 heterocycles. The first-order valence-electron chi connectivity index (χ1n) is 5.06. The van der Waals surface area contributed by atoms with E-state index in [0.717, 1.165) is 16.5 Å². The summed E-state index contributed by atoms with van der Waals surface area (Å²) in [6.07, 6.45) is 3.53. The van der Waals surface area contributed by atoms with Crippen LogP contribution in [0.15, 0.2) is 24.5 Å². The molecular formula is C12H16N2O. The number of aryl methyl sites for hydroxylation is 1. The monoisotopic (exact) mass is 204 g/mol. The number of nitrogens with zero attached hydrogens (tertiary/aromatic N) is 2. The van der Waals surface area contributed by atoms with Gasteiger partial charge in [-0.15, -0.1) is 0 Å². The van der Waals surface area contributed by atoms with Crippen LogP contribution in [-0.4, -0.2) is 17.1 Å². The number of hydrogen-bond donors (Lipinski definition) is 0. The highest BCUT2D eigenvalue weighted by Gasteiger charge is 2.02. The van der Waals surface area contributed by atoms with Crippen molar-refractivity contribution in [3.05, 3.63) is 30.1 Å². The molecule has 3 nitrogen and oxygen atoms in total. The lowest BCUT2D eigenvalue weighted by Crippen LogP contribution is -1.90. The molecule has 15 heavy (non-hydrogen) atoms. The third kappa shape index (κ3) is 2.43. The predicted molar refractivity (Wildman–Crippen MR) is 62.2 cm³/mol. The van der Waals surface area contributed by atoms with Crippen molar-refractivity contribution < 1.29 is 4.74 Å². The first kappa shape index (κ1) is 11.4. The zero-order valence-corrected chi connectivity index (χ0v) is 9.61. The summed E-state index contributed by atoms with van der Waals surface area (Å²) >= 11 is 0. The highest BCUT2D eigenvalue weighted by molar-refractivity contribution is 5.83. The molecule has 0 unspecified atom stereocenters. The average molecular weight is 204 g/mol. The van der Waals surface area contributed by atoms with Crippen LogP contribution in [0.5, 0.6) is 5.88 Å². The SMILES string of the molecule is CC.COc1nccc2ncc(C)cc12. The molecule has 0 saturated carbocycles. The van der Waals surface area contributed by atoms with E-state index in [1.54, 1.807) is 13.3 Å². The summed E-state index contributed by atoms with van der Waals surface area (Å²) in [6.45, 7) is 6.00. The van der Waals surface area contributed by atoms with Gasteiger partial charge in [-0.1, -0.05) is 13.8 Å². The summed E-state index contributed by atoms with van der Waals surface area (Å²) < 4.78 is 5.13. The Kier molecular flexibility index (Phi) is 4.03. The topological polar surface area (TPSA) is 35.0 Å². The predicted octanol–water partition coefficient (Wildman–Crippen LogP) is 2.97. The molecule has 0 N–H and O–H groups in total. The van der Waals surface area contributed by atoms with Crippen molar-refractivity contribution in [2.24, 2.45) is 0 Å². The van der Waals surface area contributed by atoms with Crippen molar-refractivity contribution in [2.75, 3.05) is 7.11 Å². The molecule has 0 fully saturated rings. The molecule has 0 aromatic carbocycles. The van der Waals surface area contributed by atoms with E-state index in [1.165, 1.54) is 0 Å². The molecule has 3 heteroatoms. The number of fused-ring (bicyclic) bond motifs is 1. The van der Waals surface area contributed by atoms with E-state index in [4.69, 9.17) is 4.74 Å². The standard InChI is InChI=1S/C10H10N2O.C2H6/c1-7-5-8-9(12-6-7)3-4-11-10(8)13-2;1-2/h3-6H,1-2H3;1-2H3. The second kappa shape index (κ2) is 5.29. The summed E-state index contributed by atoms with van der Waals surface area (Å²) in [5.74, 6) is 0.633. The third-order valence-corrected chi connectivity index (χ3v) is 1.90. The number of rotatable bonds is 1. The maximum Gasteiger partial charge on any atom is 0.222 e. The second-order valence-electron chi connectivity index (χ2n) is 2.90. The first-order valence-corrected chi connectivity index (χ1v) is 5.06. The maximum absolute atomic E-state index is 5.13. The minimum Gasteiger partial charge on any atom is -0.481 e. The Morgan fingerprint density at radius 3 is 2.60 bits per heavy atom. The van der Waals surface area contributed by atoms with Gasteiger partial charge in [-0.2, -0.15) is 0 Å². The fraction of sp³-hybridized carbons (Fsp3) is 0.333. The van der Waals surface area contributed by atoms with E-state index < -0.39 is 0 Å². The van der Waals surface area contributed by atoms with Gasteiger partial charge in [-0.3, -0.25) is 4.98 Å². The number of ether oxygens (including phenoxy) is 1. The Morgan fingerprint density at radius 2 is 1.93 bits per heavy atom. The lowest BCUT2D eigenvalue weighted by Gasteiger charge is -2.03. The van der Waals surface area contributed by atoms with E-state index in [1.807, 2.05) is 39.1 Å². The molecule has 2 aromatic rings. The summed E-state index contributed by atoms with van der Waals surface area (Å²) in [5.41, 5.74) is 2.02. The lowest BCUT2D eigenvalue weighted by atomic mass is 10.2. The van der Waals surface area contributed by atoms with Gasteiger partial charge >= 0.3 is 0 Å². The van der Waals surface area contributed by atoms with Crippen molar-refractivity contribution in [3.63, 3.8) is 0 Å². The Morgan fingerprint density at radius 1 is 1.20 bits per heavy atom. The van der Waals surface area contributed by atoms with Crippen LogP contribution >= 0.6 is 0 Å². The van der Waals surface area contributed by atoms with Crippen molar-refractivity contribution in [3.8, 4) is 5.88 Å². The Balaban J connectivity index is 0.000000531. The van der Waals surface area contributed by atoms with E-state index in [0.29, 0.717) is 5.88 Å². The Hall–Kier alpha value is -1.64. The number of hydrogen-bond acceptors (Lipinski definition) is 3. The molecular weight excluding hydrogens is 188 g/mol. The second-order valence-corrected chi connectivity index (χ2v) is 2.90. The van der Waals surface area contributed by atoms with Crippen LogP contribution in [0, 0.1) is 6.92 Å². The molecule has 2 rings (SSSR count). The smallest absolute Gasteiger partial charge is 0.222 e. The van der Waals surface area contributed by atoms with E-state index >= 15 is 0 Å². The van der Waals surface area contributed by atoms with Gasteiger partial charge in [-0.05, 0) is 24.6 Å². The lowest BCUT2D eigenvalue weighted by molar-refractivity contribution is 0.403. The summed E-state index contributed by atoms with van der Waals surface area (Å²) in [6, 6.07) is 3.89. The quantitative estimate of drug-likeness (QED) is 0.716. The Labute approximate surface area is 90.1 Å². The van der Waals surface area contributed by atoms with Crippen molar-refractivity contribution in [1.82, 2.24) is 9.97 Å². The van der Waals surface area contributed by atoms with Crippen molar-refractivity contribution in [1.29, 1.82) is 0 Å². The highest BCUT2D eigenvalue weighted by Crippen LogP contribution is 2.21. The highest BCUT2D eigenvalue weighted by atomic mass is 16.5. The maximum atomic E-state index is 5.13.